The van der Waals surface area contributed by atoms with Gasteiger partial charge in [-0.05, 0) is 49.1 Å². The van der Waals surface area contributed by atoms with Crippen LogP contribution >= 0.6 is 0 Å². The van der Waals surface area contributed by atoms with Gasteiger partial charge in [-0.1, -0.05) is 66.2 Å². The summed E-state index contributed by atoms with van der Waals surface area (Å²) in [5.41, 5.74) is 4.38. The minimum Gasteiger partial charge on any atom is -0.341 e. The maximum absolute atomic E-state index is 13.0. The first-order valence-corrected chi connectivity index (χ1v) is 9.93. The average Bonchev–Trinajstić information content (AvgIpc) is 3.59. The fourth-order valence-corrected chi connectivity index (χ4v) is 3.31. The van der Waals surface area contributed by atoms with E-state index in [1.54, 1.807) is 18.2 Å². The number of carbonyl (C=O) groups excluding carboxylic acids is 2. The van der Waals surface area contributed by atoms with E-state index in [2.05, 4.69) is 10.6 Å². The number of carbonyl (C=O) groups is 2. The zero-order valence-electron chi connectivity index (χ0n) is 16.4. The summed E-state index contributed by atoms with van der Waals surface area (Å²) in [6.07, 6.45) is 1.89. The Balaban J connectivity index is 1.56. The van der Waals surface area contributed by atoms with Crippen molar-refractivity contribution in [3.05, 3.63) is 101 Å². The summed E-state index contributed by atoms with van der Waals surface area (Å²) in [7, 11) is 0. The number of rotatable bonds is 6. The van der Waals surface area contributed by atoms with Crippen molar-refractivity contribution in [2.75, 3.05) is 5.32 Å². The van der Waals surface area contributed by atoms with Crippen molar-refractivity contribution in [1.29, 1.82) is 0 Å². The Bertz CT molecular complexity index is 1010. The van der Waals surface area contributed by atoms with Crippen molar-refractivity contribution >= 4 is 17.5 Å². The quantitative estimate of drug-likeness (QED) is 0.637. The zero-order chi connectivity index (χ0) is 20.2. The Hall–Kier alpha value is -3.40. The van der Waals surface area contributed by atoms with E-state index in [1.807, 2.05) is 67.6 Å². The van der Waals surface area contributed by atoms with Gasteiger partial charge in [0.05, 0.1) is 6.04 Å². The first kappa shape index (κ1) is 18.9. The third-order valence-corrected chi connectivity index (χ3v) is 5.16. The molecule has 1 fully saturated rings. The highest BCUT2D eigenvalue weighted by molar-refractivity contribution is 5.98. The first-order chi connectivity index (χ1) is 14.1. The molecule has 0 saturated heterocycles. The predicted molar refractivity (Wildman–Crippen MR) is 115 cm³/mol. The minimum absolute atomic E-state index is 0.0318. The van der Waals surface area contributed by atoms with E-state index in [-0.39, 0.29) is 23.8 Å². The molecule has 1 unspecified atom stereocenters. The van der Waals surface area contributed by atoms with Crippen LogP contribution in [0.15, 0.2) is 78.9 Å². The van der Waals surface area contributed by atoms with Crippen LogP contribution in [0.25, 0.3) is 0 Å². The molecule has 4 rings (SSSR count). The van der Waals surface area contributed by atoms with Crippen LogP contribution in [0, 0.1) is 12.8 Å². The van der Waals surface area contributed by atoms with Gasteiger partial charge < -0.3 is 10.6 Å². The minimum atomic E-state index is -0.256. The SMILES string of the molecule is Cc1ccc(C(NC(=O)c2cccc(NC(=O)C3CC3)c2)c2ccccc2)cc1. The van der Waals surface area contributed by atoms with Crippen LogP contribution in [0.2, 0.25) is 0 Å². The molecule has 0 spiro atoms. The van der Waals surface area contributed by atoms with Crippen molar-refractivity contribution in [1.82, 2.24) is 5.32 Å². The summed E-state index contributed by atoms with van der Waals surface area (Å²) in [5.74, 6) is -0.0252. The molecular formula is C25H24N2O2. The fourth-order valence-electron chi connectivity index (χ4n) is 3.31. The standard InChI is InChI=1S/C25H24N2O2/c1-17-10-12-19(13-11-17)23(18-6-3-2-4-7-18)27-25(29)21-8-5-9-22(16-21)26-24(28)20-14-15-20/h2-13,16,20,23H,14-15H2,1H3,(H,26,28)(H,27,29). The summed E-state index contributed by atoms with van der Waals surface area (Å²) >= 11 is 0. The number of aryl methyl sites for hydroxylation is 1. The molecule has 1 saturated carbocycles. The van der Waals surface area contributed by atoms with E-state index in [0.29, 0.717) is 11.3 Å². The lowest BCUT2D eigenvalue weighted by molar-refractivity contribution is -0.117. The van der Waals surface area contributed by atoms with E-state index in [4.69, 9.17) is 0 Å². The van der Waals surface area contributed by atoms with E-state index in [1.165, 1.54) is 5.56 Å². The van der Waals surface area contributed by atoms with Crippen molar-refractivity contribution in [2.45, 2.75) is 25.8 Å². The molecule has 2 amide bonds. The number of nitrogens with one attached hydrogen (secondary N) is 2. The monoisotopic (exact) mass is 384 g/mol. The summed E-state index contributed by atoms with van der Waals surface area (Å²) in [6.45, 7) is 2.04. The Morgan fingerprint density at radius 2 is 1.55 bits per heavy atom. The van der Waals surface area contributed by atoms with Crippen molar-refractivity contribution in [3.63, 3.8) is 0 Å². The number of amides is 2. The number of anilines is 1. The lowest BCUT2D eigenvalue weighted by atomic mass is 9.97. The van der Waals surface area contributed by atoms with Crippen molar-refractivity contribution in [2.24, 2.45) is 5.92 Å². The Morgan fingerprint density at radius 1 is 0.862 bits per heavy atom. The average molecular weight is 384 g/mol. The normalized spacial score (nSPS) is 14.1. The third-order valence-electron chi connectivity index (χ3n) is 5.16. The predicted octanol–water partition coefficient (Wildman–Crippen LogP) is 4.86. The third kappa shape index (κ3) is 4.72. The van der Waals surface area contributed by atoms with Gasteiger partial charge in [-0.25, -0.2) is 0 Å². The van der Waals surface area contributed by atoms with Crippen molar-refractivity contribution in [3.8, 4) is 0 Å². The van der Waals surface area contributed by atoms with Gasteiger partial charge in [-0.3, -0.25) is 9.59 Å². The van der Waals surface area contributed by atoms with Crippen LogP contribution in [0.3, 0.4) is 0 Å². The Labute approximate surface area is 171 Å². The van der Waals surface area contributed by atoms with Crippen LogP contribution in [0.5, 0.6) is 0 Å². The topological polar surface area (TPSA) is 58.2 Å². The maximum atomic E-state index is 13.0. The number of hydrogen-bond donors (Lipinski definition) is 2. The molecule has 146 valence electrons. The largest absolute Gasteiger partial charge is 0.341 e. The highest BCUT2D eigenvalue weighted by atomic mass is 16.2. The molecule has 2 N–H and O–H groups in total. The van der Waals surface area contributed by atoms with E-state index < -0.39 is 0 Å². The molecule has 1 atom stereocenters. The zero-order valence-corrected chi connectivity index (χ0v) is 16.4. The second-order valence-corrected chi connectivity index (χ2v) is 7.57. The molecule has 3 aromatic carbocycles. The molecule has 29 heavy (non-hydrogen) atoms. The molecule has 4 heteroatoms. The lowest BCUT2D eigenvalue weighted by Gasteiger charge is -2.20. The summed E-state index contributed by atoms with van der Waals surface area (Å²) in [6, 6.07) is 24.9. The van der Waals surface area contributed by atoms with Gasteiger partial charge in [0.1, 0.15) is 0 Å². The van der Waals surface area contributed by atoms with Gasteiger partial charge in [-0.2, -0.15) is 0 Å². The molecule has 3 aromatic rings. The second kappa shape index (κ2) is 8.31. The molecular weight excluding hydrogens is 360 g/mol. The molecule has 1 aliphatic rings. The van der Waals surface area contributed by atoms with Gasteiger partial charge in [-0.15, -0.1) is 0 Å². The van der Waals surface area contributed by atoms with E-state index >= 15 is 0 Å². The van der Waals surface area contributed by atoms with Gasteiger partial charge in [0.2, 0.25) is 5.91 Å². The molecule has 0 bridgehead atoms. The summed E-state index contributed by atoms with van der Waals surface area (Å²) < 4.78 is 0. The van der Waals surface area contributed by atoms with Crippen LogP contribution in [-0.4, -0.2) is 11.8 Å². The summed E-state index contributed by atoms with van der Waals surface area (Å²) in [4.78, 5) is 25.0. The van der Waals surface area contributed by atoms with Gasteiger partial charge in [0, 0.05) is 17.2 Å². The van der Waals surface area contributed by atoms with Gasteiger partial charge in [0.25, 0.3) is 5.91 Å². The molecule has 0 aliphatic heterocycles. The lowest BCUT2D eigenvalue weighted by Crippen LogP contribution is -2.29. The summed E-state index contributed by atoms with van der Waals surface area (Å²) in [5, 5.41) is 6.05. The van der Waals surface area contributed by atoms with Gasteiger partial charge in [0.15, 0.2) is 0 Å². The molecule has 0 heterocycles. The van der Waals surface area contributed by atoms with E-state index in [0.717, 1.165) is 24.0 Å². The molecule has 1 aliphatic carbocycles. The van der Waals surface area contributed by atoms with Gasteiger partial charge >= 0.3 is 0 Å². The van der Waals surface area contributed by atoms with Crippen LogP contribution < -0.4 is 10.6 Å². The maximum Gasteiger partial charge on any atom is 0.252 e. The van der Waals surface area contributed by atoms with Crippen LogP contribution in [0.1, 0.15) is 45.9 Å². The Kier molecular flexibility index (Phi) is 5.43. The van der Waals surface area contributed by atoms with E-state index in [9.17, 15) is 9.59 Å². The number of benzene rings is 3. The molecule has 0 aromatic heterocycles. The smallest absolute Gasteiger partial charge is 0.252 e. The number of hydrogen-bond acceptors (Lipinski definition) is 2. The second-order valence-electron chi connectivity index (χ2n) is 7.57. The molecule has 0 radical (unpaired) electrons. The highest BCUT2D eigenvalue weighted by Gasteiger charge is 2.29. The van der Waals surface area contributed by atoms with Crippen LogP contribution in [-0.2, 0) is 4.79 Å². The Morgan fingerprint density at radius 3 is 2.24 bits per heavy atom. The first-order valence-electron chi connectivity index (χ1n) is 9.93. The highest BCUT2D eigenvalue weighted by Crippen LogP contribution is 2.30. The molecule has 4 nitrogen and oxygen atoms in total. The fraction of sp³-hybridized carbons (Fsp3) is 0.200. The van der Waals surface area contributed by atoms with Crippen molar-refractivity contribution < 1.29 is 9.59 Å². The van der Waals surface area contributed by atoms with Crippen LogP contribution in [0.4, 0.5) is 5.69 Å².